The van der Waals surface area contributed by atoms with E-state index in [9.17, 15) is 4.79 Å². The molecule has 4 heteroatoms. The van der Waals surface area contributed by atoms with Gasteiger partial charge >= 0.3 is 0 Å². The van der Waals surface area contributed by atoms with Gasteiger partial charge in [0.25, 0.3) is 0 Å². The van der Waals surface area contributed by atoms with E-state index in [1.165, 1.54) is 12.0 Å². The molecule has 1 unspecified atom stereocenters. The lowest BCUT2D eigenvalue weighted by atomic mass is 10.0. The van der Waals surface area contributed by atoms with Gasteiger partial charge in [-0.15, -0.1) is 0 Å². The highest BCUT2D eigenvalue weighted by molar-refractivity contribution is 5.75. The van der Waals surface area contributed by atoms with Crippen LogP contribution >= 0.6 is 0 Å². The average Bonchev–Trinajstić information content (AvgIpc) is 3.00. The zero-order chi connectivity index (χ0) is 14.9. The van der Waals surface area contributed by atoms with Crippen LogP contribution in [0.1, 0.15) is 31.2 Å². The molecule has 1 atom stereocenters. The number of carbonyl (C=O) groups is 1. The van der Waals surface area contributed by atoms with Gasteiger partial charge < -0.3 is 15.4 Å². The molecular weight excluding hydrogens is 264 g/mol. The van der Waals surface area contributed by atoms with E-state index in [2.05, 4.69) is 17.6 Å². The highest BCUT2D eigenvalue weighted by Gasteiger charge is 2.15. The van der Waals surface area contributed by atoms with Gasteiger partial charge in [-0.05, 0) is 57.3 Å². The summed E-state index contributed by atoms with van der Waals surface area (Å²) in [7, 11) is 0. The number of carbonyl (C=O) groups excluding carboxylic acids is 1. The molecule has 0 radical (unpaired) electrons. The molecule has 0 aliphatic carbocycles. The molecule has 1 fully saturated rings. The van der Waals surface area contributed by atoms with Crippen molar-refractivity contribution >= 4 is 5.91 Å². The number of hydrogen-bond donors (Lipinski definition) is 2. The van der Waals surface area contributed by atoms with Crippen LogP contribution < -0.4 is 15.4 Å². The van der Waals surface area contributed by atoms with Crippen LogP contribution in [0.2, 0.25) is 0 Å². The van der Waals surface area contributed by atoms with Crippen LogP contribution in [0.25, 0.3) is 0 Å². The van der Waals surface area contributed by atoms with Gasteiger partial charge in [-0.2, -0.15) is 0 Å². The fraction of sp³-hybridized carbons (Fsp3) is 0.588. The second-order valence-electron chi connectivity index (χ2n) is 5.76. The van der Waals surface area contributed by atoms with E-state index in [-0.39, 0.29) is 5.91 Å². The first-order valence-corrected chi connectivity index (χ1v) is 7.91. The van der Waals surface area contributed by atoms with Crippen molar-refractivity contribution < 1.29 is 9.53 Å². The van der Waals surface area contributed by atoms with E-state index >= 15 is 0 Å². The molecule has 1 aromatic rings. The van der Waals surface area contributed by atoms with Gasteiger partial charge in [-0.3, -0.25) is 4.79 Å². The van der Waals surface area contributed by atoms with Gasteiger partial charge in [0, 0.05) is 13.0 Å². The van der Waals surface area contributed by atoms with Crippen molar-refractivity contribution in [2.24, 2.45) is 5.92 Å². The Morgan fingerprint density at radius 3 is 2.90 bits per heavy atom. The van der Waals surface area contributed by atoms with Crippen molar-refractivity contribution in [3.05, 3.63) is 29.8 Å². The van der Waals surface area contributed by atoms with Crippen LogP contribution in [0.15, 0.2) is 24.3 Å². The smallest absolute Gasteiger partial charge is 0.220 e. The molecule has 1 amide bonds. The van der Waals surface area contributed by atoms with Crippen molar-refractivity contribution in [1.82, 2.24) is 10.6 Å². The van der Waals surface area contributed by atoms with Crippen LogP contribution in [0, 0.1) is 12.8 Å². The number of benzene rings is 1. The number of rotatable bonds is 8. The topological polar surface area (TPSA) is 50.4 Å². The predicted molar refractivity (Wildman–Crippen MR) is 84.5 cm³/mol. The lowest BCUT2D eigenvalue weighted by molar-refractivity contribution is -0.121. The van der Waals surface area contributed by atoms with Crippen LogP contribution in [0.3, 0.4) is 0 Å². The molecule has 0 bridgehead atoms. The maximum Gasteiger partial charge on any atom is 0.220 e. The molecule has 0 spiro atoms. The van der Waals surface area contributed by atoms with E-state index in [4.69, 9.17) is 4.74 Å². The lowest BCUT2D eigenvalue weighted by Crippen LogP contribution is -2.26. The first-order chi connectivity index (χ1) is 10.2. The summed E-state index contributed by atoms with van der Waals surface area (Å²) in [6.45, 7) is 5.55. The van der Waals surface area contributed by atoms with Gasteiger partial charge in [-0.1, -0.05) is 17.7 Å². The standard InChI is InChI=1S/C17H26N2O2/c1-14-3-6-16(7-4-14)21-12-2-10-19-17(20)8-5-15-9-11-18-13-15/h3-4,6-7,15,18H,2,5,8-13H2,1H3,(H,19,20). The third-order valence-electron chi connectivity index (χ3n) is 3.88. The highest BCUT2D eigenvalue weighted by Crippen LogP contribution is 2.14. The second-order valence-corrected chi connectivity index (χ2v) is 5.76. The van der Waals surface area contributed by atoms with Crippen LogP contribution in [0.5, 0.6) is 5.75 Å². The Morgan fingerprint density at radius 1 is 1.38 bits per heavy atom. The maximum atomic E-state index is 11.7. The van der Waals surface area contributed by atoms with Crippen LogP contribution in [-0.2, 0) is 4.79 Å². The Labute approximate surface area is 127 Å². The summed E-state index contributed by atoms with van der Waals surface area (Å²) >= 11 is 0. The Hall–Kier alpha value is -1.55. The Morgan fingerprint density at radius 2 is 2.19 bits per heavy atom. The van der Waals surface area contributed by atoms with Crippen LogP contribution in [0.4, 0.5) is 0 Å². The van der Waals surface area contributed by atoms with Gasteiger partial charge in [0.2, 0.25) is 5.91 Å². The number of nitrogens with one attached hydrogen (secondary N) is 2. The van der Waals surface area contributed by atoms with Gasteiger partial charge in [0.15, 0.2) is 0 Å². The molecule has 2 rings (SSSR count). The average molecular weight is 290 g/mol. The summed E-state index contributed by atoms with van der Waals surface area (Å²) in [5, 5.41) is 6.29. The number of amides is 1. The first-order valence-electron chi connectivity index (χ1n) is 7.91. The summed E-state index contributed by atoms with van der Waals surface area (Å²) in [6, 6.07) is 8.02. The zero-order valence-electron chi connectivity index (χ0n) is 12.9. The fourth-order valence-corrected chi connectivity index (χ4v) is 2.51. The number of ether oxygens (including phenoxy) is 1. The number of hydrogen-bond acceptors (Lipinski definition) is 3. The van der Waals surface area contributed by atoms with Gasteiger partial charge in [0.1, 0.15) is 5.75 Å². The third kappa shape index (κ3) is 6.17. The largest absolute Gasteiger partial charge is 0.494 e. The molecule has 4 nitrogen and oxygen atoms in total. The third-order valence-corrected chi connectivity index (χ3v) is 3.88. The Kier molecular flexibility index (Phi) is 6.54. The molecule has 1 aromatic carbocycles. The summed E-state index contributed by atoms with van der Waals surface area (Å²) in [5.74, 6) is 1.73. The maximum absolute atomic E-state index is 11.7. The van der Waals surface area contributed by atoms with Gasteiger partial charge in [-0.25, -0.2) is 0 Å². The fourth-order valence-electron chi connectivity index (χ4n) is 2.51. The normalized spacial score (nSPS) is 17.7. The van der Waals surface area contributed by atoms with E-state index in [0.717, 1.165) is 31.7 Å². The molecule has 1 aliphatic heterocycles. The Balaban J connectivity index is 1.48. The van der Waals surface area contributed by atoms with E-state index in [0.29, 0.717) is 25.5 Å². The van der Waals surface area contributed by atoms with E-state index < -0.39 is 0 Å². The summed E-state index contributed by atoms with van der Waals surface area (Å²) in [6.07, 6.45) is 3.69. The van der Waals surface area contributed by atoms with E-state index in [1.54, 1.807) is 0 Å². The molecule has 1 aliphatic rings. The monoisotopic (exact) mass is 290 g/mol. The predicted octanol–water partition coefficient (Wildman–Crippen LogP) is 2.27. The van der Waals surface area contributed by atoms with Crippen molar-refractivity contribution in [1.29, 1.82) is 0 Å². The first kappa shape index (κ1) is 15.8. The zero-order valence-corrected chi connectivity index (χ0v) is 12.9. The van der Waals surface area contributed by atoms with Crippen molar-refractivity contribution in [2.75, 3.05) is 26.2 Å². The molecule has 1 saturated heterocycles. The van der Waals surface area contributed by atoms with Crippen LogP contribution in [-0.4, -0.2) is 32.1 Å². The van der Waals surface area contributed by atoms with Gasteiger partial charge in [0.05, 0.1) is 6.61 Å². The van der Waals surface area contributed by atoms with Crippen molar-refractivity contribution in [2.45, 2.75) is 32.6 Å². The van der Waals surface area contributed by atoms with Crippen molar-refractivity contribution in [3.8, 4) is 5.75 Å². The highest BCUT2D eigenvalue weighted by atomic mass is 16.5. The quantitative estimate of drug-likeness (QED) is 0.722. The second kappa shape index (κ2) is 8.67. The molecule has 0 saturated carbocycles. The summed E-state index contributed by atoms with van der Waals surface area (Å²) in [5.41, 5.74) is 1.23. The molecular formula is C17H26N2O2. The minimum absolute atomic E-state index is 0.164. The molecule has 21 heavy (non-hydrogen) atoms. The molecule has 2 N–H and O–H groups in total. The molecule has 1 heterocycles. The number of aryl methyl sites for hydroxylation is 1. The Bertz CT molecular complexity index is 425. The van der Waals surface area contributed by atoms with E-state index in [1.807, 2.05) is 24.3 Å². The SMILES string of the molecule is Cc1ccc(OCCCNC(=O)CCC2CCNC2)cc1. The minimum atomic E-state index is 0.164. The minimum Gasteiger partial charge on any atom is -0.494 e. The summed E-state index contributed by atoms with van der Waals surface area (Å²) in [4.78, 5) is 11.7. The molecule has 116 valence electrons. The summed E-state index contributed by atoms with van der Waals surface area (Å²) < 4.78 is 5.62. The lowest BCUT2D eigenvalue weighted by Gasteiger charge is -2.09. The van der Waals surface area contributed by atoms with Crippen molar-refractivity contribution in [3.63, 3.8) is 0 Å². The molecule has 0 aromatic heterocycles.